The number of hydrogen-bond donors (Lipinski definition) is 1. The molecule has 9 heteroatoms. The zero-order valence-corrected chi connectivity index (χ0v) is 19.3. The van der Waals surface area contributed by atoms with Crippen molar-refractivity contribution in [2.45, 2.75) is 24.1 Å². The highest BCUT2D eigenvalue weighted by Crippen LogP contribution is 2.55. The third-order valence-electron chi connectivity index (χ3n) is 6.32. The fraction of sp³-hybridized carbons (Fsp3) is 0.154. The second kappa shape index (κ2) is 8.43. The third-order valence-corrected chi connectivity index (χ3v) is 6.79. The normalized spacial score (nSPS) is 21.5. The minimum Gasteiger partial charge on any atom is -0.405 e. The first-order valence-corrected chi connectivity index (χ1v) is 11.3. The number of anilines is 1. The highest BCUT2D eigenvalue weighted by atomic mass is 35.5. The largest absolute Gasteiger partial charge is 0.573 e. The number of allylic oxidation sites excluding steroid dienone is 1. The molecule has 35 heavy (non-hydrogen) atoms. The van der Waals surface area contributed by atoms with Gasteiger partial charge in [-0.2, -0.15) is 0 Å². The summed E-state index contributed by atoms with van der Waals surface area (Å²) in [4.78, 5) is 27.0. The van der Waals surface area contributed by atoms with Crippen LogP contribution in [0.25, 0.3) is 5.57 Å². The molecule has 0 saturated heterocycles. The van der Waals surface area contributed by atoms with Crippen LogP contribution in [0.15, 0.2) is 72.8 Å². The molecule has 1 N–H and O–H groups in total. The molecule has 0 bridgehead atoms. The average molecular weight is 518 g/mol. The highest BCUT2D eigenvalue weighted by Gasteiger charge is 2.55. The van der Waals surface area contributed by atoms with Crippen LogP contribution in [-0.4, -0.2) is 18.1 Å². The SMILES string of the molecule is O=C1C[C@@H](c2cccc(Cl)c2)[C@@]2(C=C1c1ccccc1OC(F)(F)F)C(=O)Nc1cc(Cl)ccc12. The number of carbonyl (C=O) groups is 2. The molecule has 1 heterocycles. The molecule has 1 amide bonds. The summed E-state index contributed by atoms with van der Waals surface area (Å²) in [6.07, 6.45) is -3.64. The van der Waals surface area contributed by atoms with E-state index in [2.05, 4.69) is 10.1 Å². The quantitative estimate of drug-likeness (QED) is 0.410. The summed E-state index contributed by atoms with van der Waals surface area (Å²) in [6, 6.07) is 17.2. The van der Waals surface area contributed by atoms with Crippen molar-refractivity contribution in [2.75, 3.05) is 5.32 Å². The minimum absolute atomic E-state index is 0.0268. The number of fused-ring (bicyclic) bond motifs is 2. The molecule has 2 aliphatic rings. The van der Waals surface area contributed by atoms with E-state index in [1.54, 1.807) is 42.5 Å². The van der Waals surface area contributed by atoms with Gasteiger partial charge in [0.05, 0.1) is 0 Å². The maximum Gasteiger partial charge on any atom is 0.573 e. The second-order valence-corrected chi connectivity index (χ2v) is 9.22. The van der Waals surface area contributed by atoms with Gasteiger partial charge in [-0.25, -0.2) is 0 Å². The van der Waals surface area contributed by atoms with Crippen molar-refractivity contribution >= 4 is 46.2 Å². The molecule has 3 aromatic rings. The van der Waals surface area contributed by atoms with Crippen LogP contribution >= 0.6 is 23.2 Å². The number of nitrogens with one attached hydrogen (secondary N) is 1. The molecule has 1 spiro atoms. The highest BCUT2D eigenvalue weighted by molar-refractivity contribution is 6.31. The number of halogens is 5. The molecule has 2 atom stereocenters. The number of benzene rings is 3. The fourth-order valence-corrected chi connectivity index (χ4v) is 5.29. The van der Waals surface area contributed by atoms with Crippen LogP contribution in [0.4, 0.5) is 18.9 Å². The predicted molar refractivity (Wildman–Crippen MR) is 127 cm³/mol. The van der Waals surface area contributed by atoms with Gasteiger partial charge in [-0.05, 0) is 41.5 Å². The Morgan fingerprint density at radius 2 is 1.69 bits per heavy atom. The summed E-state index contributed by atoms with van der Waals surface area (Å²) in [5.41, 5.74) is 0.225. The van der Waals surface area contributed by atoms with Crippen molar-refractivity contribution in [2.24, 2.45) is 0 Å². The maximum absolute atomic E-state index is 13.6. The Labute approximate surface area is 208 Å². The van der Waals surface area contributed by atoms with E-state index in [9.17, 15) is 22.8 Å². The first-order chi connectivity index (χ1) is 16.6. The molecule has 0 unspecified atom stereocenters. The van der Waals surface area contributed by atoms with Gasteiger partial charge < -0.3 is 10.1 Å². The molecule has 3 aromatic carbocycles. The van der Waals surface area contributed by atoms with Crippen molar-refractivity contribution in [1.82, 2.24) is 0 Å². The molecular formula is C26H16Cl2F3NO3. The lowest BCUT2D eigenvalue weighted by Crippen LogP contribution is -2.43. The molecule has 0 aromatic heterocycles. The van der Waals surface area contributed by atoms with Crippen molar-refractivity contribution in [3.8, 4) is 5.75 Å². The van der Waals surface area contributed by atoms with Crippen LogP contribution in [0.2, 0.25) is 10.0 Å². The number of carbonyl (C=O) groups excluding carboxylic acids is 2. The minimum atomic E-state index is -4.95. The Kier molecular flexibility index (Phi) is 5.65. The van der Waals surface area contributed by atoms with E-state index >= 15 is 0 Å². The van der Waals surface area contributed by atoms with E-state index in [-0.39, 0.29) is 17.6 Å². The van der Waals surface area contributed by atoms with Crippen LogP contribution in [0, 0.1) is 0 Å². The van der Waals surface area contributed by atoms with Crippen molar-refractivity contribution < 1.29 is 27.5 Å². The first kappa shape index (κ1) is 23.5. The van der Waals surface area contributed by atoms with Crippen LogP contribution in [0.3, 0.4) is 0 Å². The van der Waals surface area contributed by atoms with Crippen LogP contribution in [0.1, 0.15) is 29.0 Å². The van der Waals surface area contributed by atoms with Gasteiger partial charge in [0, 0.05) is 39.2 Å². The topological polar surface area (TPSA) is 55.4 Å². The van der Waals surface area contributed by atoms with E-state index in [1.165, 1.54) is 24.3 Å². The Morgan fingerprint density at radius 1 is 0.943 bits per heavy atom. The molecule has 5 rings (SSSR count). The van der Waals surface area contributed by atoms with Crippen molar-refractivity contribution in [3.63, 3.8) is 0 Å². The smallest absolute Gasteiger partial charge is 0.405 e. The Morgan fingerprint density at radius 3 is 2.43 bits per heavy atom. The number of para-hydroxylation sites is 1. The lowest BCUT2D eigenvalue weighted by atomic mass is 9.61. The summed E-state index contributed by atoms with van der Waals surface area (Å²) in [7, 11) is 0. The van der Waals surface area contributed by atoms with Gasteiger partial charge in [0.25, 0.3) is 0 Å². The summed E-state index contributed by atoms with van der Waals surface area (Å²) < 4.78 is 43.4. The molecular weight excluding hydrogens is 502 g/mol. The predicted octanol–water partition coefficient (Wildman–Crippen LogP) is 6.92. The summed E-state index contributed by atoms with van der Waals surface area (Å²) in [6.45, 7) is 0. The van der Waals surface area contributed by atoms with Crippen LogP contribution in [-0.2, 0) is 15.0 Å². The van der Waals surface area contributed by atoms with E-state index in [4.69, 9.17) is 23.2 Å². The van der Waals surface area contributed by atoms with Gasteiger partial charge in [0.1, 0.15) is 11.2 Å². The molecule has 1 aliphatic heterocycles. The summed E-state index contributed by atoms with van der Waals surface area (Å²) in [5, 5.41) is 3.66. The standard InChI is InChI=1S/C26H16Cl2F3NO3/c27-15-5-3-4-14(10-15)20-12-22(33)18(17-6-1-2-7-23(17)35-26(29,30)31)13-25(20)19-9-8-16(28)11-21(19)32-24(25)34/h1-11,13,20H,12H2,(H,32,34)/t20-,25-/m0/s1. The van der Waals surface area contributed by atoms with Gasteiger partial charge in [-0.15, -0.1) is 13.2 Å². The monoisotopic (exact) mass is 517 g/mol. The van der Waals surface area contributed by atoms with Crippen LogP contribution < -0.4 is 10.1 Å². The van der Waals surface area contributed by atoms with Gasteiger partial charge in [0.15, 0.2) is 5.78 Å². The fourth-order valence-electron chi connectivity index (χ4n) is 4.92. The Balaban J connectivity index is 1.77. The lowest BCUT2D eigenvalue weighted by Gasteiger charge is -2.38. The third kappa shape index (κ3) is 4.09. The Hall–Kier alpha value is -3.29. The molecule has 0 radical (unpaired) electrons. The average Bonchev–Trinajstić information content (AvgIpc) is 3.05. The van der Waals surface area contributed by atoms with E-state index in [1.807, 2.05) is 0 Å². The lowest BCUT2D eigenvalue weighted by molar-refractivity contribution is -0.274. The maximum atomic E-state index is 13.6. The molecule has 4 nitrogen and oxygen atoms in total. The van der Waals surface area contributed by atoms with E-state index in [0.29, 0.717) is 26.9 Å². The van der Waals surface area contributed by atoms with E-state index in [0.717, 1.165) is 6.07 Å². The van der Waals surface area contributed by atoms with Gasteiger partial charge in [-0.3, -0.25) is 9.59 Å². The van der Waals surface area contributed by atoms with E-state index < -0.39 is 35.1 Å². The number of ketones is 1. The van der Waals surface area contributed by atoms with Gasteiger partial charge in [0.2, 0.25) is 5.91 Å². The molecule has 1 aliphatic carbocycles. The van der Waals surface area contributed by atoms with Crippen LogP contribution in [0.5, 0.6) is 5.75 Å². The number of hydrogen-bond acceptors (Lipinski definition) is 3. The number of rotatable bonds is 3. The number of alkyl halides is 3. The number of Topliss-reactive ketones (excluding diaryl/α,β-unsaturated/α-hetero) is 1. The van der Waals surface area contributed by atoms with Gasteiger partial charge >= 0.3 is 6.36 Å². The van der Waals surface area contributed by atoms with Crippen molar-refractivity contribution in [1.29, 1.82) is 0 Å². The van der Waals surface area contributed by atoms with Crippen molar-refractivity contribution in [3.05, 3.63) is 99.5 Å². The zero-order chi connectivity index (χ0) is 25.0. The molecule has 178 valence electrons. The number of amides is 1. The second-order valence-electron chi connectivity index (χ2n) is 8.35. The zero-order valence-electron chi connectivity index (χ0n) is 17.8. The summed E-state index contributed by atoms with van der Waals surface area (Å²) >= 11 is 12.4. The number of ether oxygens (including phenoxy) is 1. The van der Waals surface area contributed by atoms with Gasteiger partial charge in [-0.1, -0.05) is 65.7 Å². The Bertz CT molecular complexity index is 1400. The molecule has 0 saturated carbocycles. The molecule has 0 fully saturated rings. The first-order valence-electron chi connectivity index (χ1n) is 10.6. The summed E-state index contributed by atoms with van der Waals surface area (Å²) in [5.74, 6) is -2.02.